The van der Waals surface area contributed by atoms with Crippen LogP contribution in [0.5, 0.6) is 0 Å². The molecule has 1 aromatic heterocycles. The second kappa shape index (κ2) is 5.85. The summed E-state index contributed by atoms with van der Waals surface area (Å²) in [6, 6.07) is 9.41. The van der Waals surface area contributed by atoms with E-state index in [0.717, 1.165) is 18.9 Å². The molecule has 19 heavy (non-hydrogen) atoms. The van der Waals surface area contributed by atoms with E-state index in [-0.39, 0.29) is 0 Å². The summed E-state index contributed by atoms with van der Waals surface area (Å²) < 4.78 is 0. The van der Waals surface area contributed by atoms with Crippen molar-refractivity contribution in [1.29, 1.82) is 0 Å². The van der Waals surface area contributed by atoms with Crippen molar-refractivity contribution in [3.05, 3.63) is 52.0 Å². The molecule has 0 bridgehead atoms. The summed E-state index contributed by atoms with van der Waals surface area (Å²) in [4.78, 5) is 4.41. The van der Waals surface area contributed by atoms with Gasteiger partial charge in [-0.15, -0.1) is 11.3 Å². The molecule has 1 aliphatic carbocycles. The zero-order chi connectivity index (χ0) is 13.1. The molecule has 1 fully saturated rings. The molecule has 0 spiro atoms. The molecule has 1 aliphatic rings. The highest BCUT2D eigenvalue weighted by Gasteiger charge is 2.23. The van der Waals surface area contributed by atoms with Crippen LogP contribution in [0.4, 0.5) is 0 Å². The lowest BCUT2D eigenvalue weighted by atomic mass is 10.1. The fourth-order valence-corrected chi connectivity index (χ4v) is 3.22. The van der Waals surface area contributed by atoms with Crippen LogP contribution in [0.3, 0.4) is 0 Å². The third kappa shape index (κ3) is 3.23. The van der Waals surface area contributed by atoms with Gasteiger partial charge in [0.1, 0.15) is 5.01 Å². The van der Waals surface area contributed by atoms with Crippen molar-refractivity contribution in [1.82, 2.24) is 10.3 Å². The minimum atomic E-state index is 0.379. The molecule has 1 unspecified atom stereocenters. The molecular formula is C16H20N2S. The lowest BCUT2D eigenvalue weighted by Crippen LogP contribution is -2.20. The summed E-state index contributed by atoms with van der Waals surface area (Å²) in [5.41, 5.74) is 2.90. The molecule has 1 heterocycles. The Morgan fingerprint density at radius 3 is 3.00 bits per heavy atom. The van der Waals surface area contributed by atoms with Gasteiger partial charge in [0.2, 0.25) is 0 Å². The first-order valence-electron chi connectivity index (χ1n) is 7.08. The Labute approximate surface area is 118 Å². The van der Waals surface area contributed by atoms with Crippen LogP contribution >= 0.6 is 11.3 Å². The van der Waals surface area contributed by atoms with Gasteiger partial charge in [0, 0.05) is 18.1 Å². The third-order valence-electron chi connectivity index (χ3n) is 3.71. The molecule has 1 saturated carbocycles. The average Bonchev–Trinajstić information content (AvgIpc) is 3.17. The molecule has 0 aliphatic heterocycles. The lowest BCUT2D eigenvalue weighted by Gasteiger charge is -2.14. The average molecular weight is 272 g/mol. The summed E-state index contributed by atoms with van der Waals surface area (Å²) >= 11 is 1.74. The summed E-state index contributed by atoms with van der Waals surface area (Å²) in [5.74, 6) is 0.834. The number of hydrogen-bond acceptors (Lipinski definition) is 3. The lowest BCUT2D eigenvalue weighted by molar-refractivity contribution is 0.516. The first-order chi connectivity index (χ1) is 9.36. The van der Waals surface area contributed by atoms with E-state index in [4.69, 9.17) is 0 Å². The number of rotatable bonds is 6. The topological polar surface area (TPSA) is 24.9 Å². The monoisotopic (exact) mass is 272 g/mol. The number of nitrogens with one attached hydrogen (secondary N) is 1. The Balaban J connectivity index is 1.63. The Bertz CT molecular complexity index is 517. The normalized spacial score (nSPS) is 16.5. The first kappa shape index (κ1) is 12.8. The Kier molecular flexibility index (Phi) is 3.95. The largest absolute Gasteiger partial charge is 0.304 e. The van der Waals surface area contributed by atoms with E-state index in [1.807, 2.05) is 11.6 Å². The molecule has 1 atom stereocenters. The van der Waals surface area contributed by atoms with E-state index in [0.29, 0.717) is 6.04 Å². The maximum atomic E-state index is 4.41. The van der Waals surface area contributed by atoms with Crippen molar-refractivity contribution >= 4 is 11.3 Å². The van der Waals surface area contributed by atoms with Crippen LogP contribution in [-0.2, 0) is 6.54 Å². The van der Waals surface area contributed by atoms with Crippen molar-refractivity contribution in [2.75, 3.05) is 0 Å². The zero-order valence-electron chi connectivity index (χ0n) is 11.3. The fourth-order valence-electron chi connectivity index (χ4n) is 2.43. The summed E-state index contributed by atoms with van der Waals surface area (Å²) in [6.07, 6.45) is 5.70. The Morgan fingerprint density at radius 1 is 1.42 bits per heavy atom. The molecular weight excluding hydrogens is 252 g/mol. The molecule has 0 saturated heterocycles. The predicted octanol–water partition coefficient (Wildman–Crippen LogP) is 4.26. The van der Waals surface area contributed by atoms with Gasteiger partial charge in [0.15, 0.2) is 0 Å². The van der Waals surface area contributed by atoms with Crippen LogP contribution in [0.25, 0.3) is 0 Å². The van der Waals surface area contributed by atoms with Gasteiger partial charge < -0.3 is 5.32 Å². The van der Waals surface area contributed by atoms with Gasteiger partial charge in [-0.3, -0.25) is 0 Å². The van der Waals surface area contributed by atoms with E-state index in [9.17, 15) is 0 Å². The highest BCUT2D eigenvalue weighted by molar-refractivity contribution is 7.09. The predicted molar refractivity (Wildman–Crippen MR) is 80.4 cm³/mol. The number of thiazole rings is 1. The molecule has 0 amide bonds. The summed E-state index contributed by atoms with van der Waals surface area (Å²) in [6.45, 7) is 3.14. The van der Waals surface area contributed by atoms with Crippen molar-refractivity contribution in [2.24, 2.45) is 0 Å². The highest BCUT2D eigenvalue weighted by atomic mass is 32.1. The second-order valence-corrected chi connectivity index (χ2v) is 6.16. The minimum Gasteiger partial charge on any atom is -0.304 e. The van der Waals surface area contributed by atoms with Gasteiger partial charge in [-0.25, -0.2) is 4.98 Å². The number of aromatic nitrogens is 1. The van der Waals surface area contributed by atoms with Gasteiger partial charge in [-0.1, -0.05) is 31.2 Å². The fraction of sp³-hybridized carbons (Fsp3) is 0.438. The summed E-state index contributed by atoms with van der Waals surface area (Å²) in [5, 5.41) is 6.87. The molecule has 3 rings (SSSR count). The van der Waals surface area contributed by atoms with E-state index >= 15 is 0 Å². The minimum absolute atomic E-state index is 0.379. The molecule has 0 radical (unpaired) electrons. The Hall–Kier alpha value is -1.19. The standard InChI is InChI=1S/C16H20N2S/c1-2-15(16-17-8-9-19-16)18-11-12-4-3-5-14(10-12)13-6-7-13/h3-5,8-10,13,15,18H,2,6-7,11H2,1H3. The molecule has 2 aromatic rings. The second-order valence-electron chi connectivity index (χ2n) is 5.23. The van der Waals surface area contributed by atoms with Crippen LogP contribution in [0.2, 0.25) is 0 Å². The van der Waals surface area contributed by atoms with Gasteiger partial charge in [-0.2, -0.15) is 0 Å². The molecule has 1 aromatic carbocycles. The maximum absolute atomic E-state index is 4.41. The summed E-state index contributed by atoms with van der Waals surface area (Å²) in [7, 11) is 0. The quantitative estimate of drug-likeness (QED) is 0.850. The van der Waals surface area contributed by atoms with Crippen molar-refractivity contribution in [2.45, 2.75) is 44.7 Å². The maximum Gasteiger partial charge on any atom is 0.109 e. The van der Waals surface area contributed by atoms with E-state index < -0.39 is 0 Å². The van der Waals surface area contributed by atoms with Crippen molar-refractivity contribution in [3.63, 3.8) is 0 Å². The van der Waals surface area contributed by atoms with Crippen LogP contribution < -0.4 is 5.32 Å². The molecule has 1 N–H and O–H groups in total. The number of hydrogen-bond donors (Lipinski definition) is 1. The SMILES string of the molecule is CCC(NCc1cccc(C2CC2)c1)c1nccs1. The van der Waals surface area contributed by atoms with Gasteiger partial charge in [0.05, 0.1) is 6.04 Å². The molecule has 3 heteroatoms. The smallest absolute Gasteiger partial charge is 0.109 e. The van der Waals surface area contributed by atoms with Crippen LogP contribution in [0.1, 0.15) is 54.3 Å². The van der Waals surface area contributed by atoms with E-state index in [2.05, 4.69) is 41.5 Å². The van der Waals surface area contributed by atoms with Crippen molar-refractivity contribution < 1.29 is 0 Å². The molecule has 100 valence electrons. The van der Waals surface area contributed by atoms with Crippen LogP contribution in [-0.4, -0.2) is 4.98 Å². The van der Waals surface area contributed by atoms with Crippen LogP contribution in [0, 0.1) is 0 Å². The first-order valence-corrected chi connectivity index (χ1v) is 7.96. The Morgan fingerprint density at radius 2 is 2.32 bits per heavy atom. The number of benzene rings is 1. The van der Waals surface area contributed by atoms with Gasteiger partial charge in [0.25, 0.3) is 0 Å². The van der Waals surface area contributed by atoms with Crippen LogP contribution in [0.15, 0.2) is 35.8 Å². The third-order valence-corrected chi connectivity index (χ3v) is 4.60. The van der Waals surface area contributed by atoms with E-state index in [1.165, 1.54) is 29.0 Å². The highest BCUT2D eigenvalue weighted by Crippen LogP contribution is 2.40. The van der Waals surface area contributed by atoms with Gasteiger partial charge in [-0.05, 0) is 36.3 Å². The zero-order valence-corrected chi connectivity index (χ0v) is 12.1. The van der Waals surface area contributed by atoms with Gasteiger partial charge >= 0.3 is 0 Å². The van der Waals surface area contributed by atoms with E-state index in [1.54, 1.807) is 11.3 Å². The molecule has 2 nitrogen and oxygen atoms in total. The number of nitrogens with zero attached hydrogens (tertiary/aromatic N) is 1. The van der Waals surface area contributed by atoms with Crippen molar-refractivity contribution in [3.8, 4) is 0 Å².